The maximum atomic E-state index is 13.3. The van der Waals surface area contributed by atoms with Gasteiger partial charge in [0.15, 0.2) is 17.1 Å². The molecular weight excluding hydrogens is 486 g/mol. The second-order valence-corrected chi connectivity index (χ2v) is 9.27. The van der Waals surface area contributed by atoms with E-state index in [1.54, 1.807) is 42.9 Å². The fourth-order valence-electron chi connectivity index (χ4n) is 3.89. The lowest BCUT2D eigenvalue weighted by molar-refractivity contribution is 0.104. The Morgan fingerprint density at radius 2 is 1.43 bits per heavy atom. The summed E-state index contributed by atoms with van der Waals surface area (Å²) in [7, 11) is 1.77. The van der Waals surface area contributed by atoms with E-state index in [2.05, 4.69) is 15.5 Å². The van der Waals surface area contributed by atoms with Crippen molar-refractivity contribution < 1.29 is 9.90 Å². The molecule has 184 valence electrons. The highest BCUT2D eigenvalue weighted by atomic mass is 32.1. The van der Waals surface area contributed by atoms with Gasteiger partial charge in [-0.05, 0) is 31.2 Å². The molecule has 0 aliphatic heterocycles. The average Bonchev–Trinajstić information content (AvgIpc) is 3.35. The fourth-order valence-corrected chi connectivity index (χ4v) is 4.90. The van der Waals surface area contributed by atoms with Gasteiger partial charge in [-0.2, -0.15) is 0 Å². The Morgan fingerprint density at radius 3 is 2.08 bits per heavy atom. The van der Waals surface area contributed by atoms with Gasteiger partial charge in [-0.3, -0.25) is 14.3 Å². The fraction of sp³-hybridized carbons (Fsp3) is 0.0714. The van der Waals surface area contributed by atoms with E-state index in [4.69, 9.17) is 0 Å². The molecule has 0 saturated heterocycles. The predicted octanol–water partition coefficient (Wildman–Crippen LogP) is 6.64. The van der Waals surface area contributed by atoms with Crippen LogP contribution in [-0.4, -0.2) is 20.3 Å². The minimum Gasteiger partial charge on any atom is -0.504 e. The van der Waals surface area contributed by atoms with Crippen LogP contribution in [0.4, 0.5) is 22.1 Å². The third-order valence-corrected chi connectivity index (χ3v) is 6.99. The van der Waals surface area contributed by atoms with Gasteiger partial charge in [0, 0.05) is 18.3 Å². The van der Waals surface area contributed by atoms with Crippen molar-refractivity contribution >= 4 is 39.2 Å². The van der Waals surface area contributed by atoms with Crippen molar-refractivity contribution in [2.45, 2.75) is 6.92 Å². The number of aromatic hydroxyl groups is 1. The summed E-state index contributed by atoms with van der Waals surface area (Å²) in [6.45, 7) is 1.77. The summed E-state index contributed by atoms with van der Waals surface area (Å²) in [5.41, 5.74) is 2.37. The van der Waals surface area contributed by atoms with Gasteiger partial charge in [0.25, 0.3) is 5.56 Å². The van der Waals surface area contributed by atoms with E-state index in [9.17, 15) is 14.7 Å². The van der Waals surface area contributed by atoms with Crippen molar-refractivity contribution in [3.05, 3.63) is 117 Å². The highest BCUT2D eigenvalue weighted by Crippen LogP contribution is 2.48. The number of hydrogen-bond acceptors (Lipinski definition) is 7. The molecular formula is C28H23N5O3S. The lowest BCUT2D eigenvalue weighted by Gasteiger charge is -2.07. The molecule has 5 rings (SSSR count). The standard InChI is InChI=1S/C28H23N5O3S/c1-18-22(28(36)33(32(18)2)21-16-10-5-11-17-21)30-31-23-25(35)26(24(34)19-12-6-3-7-13-19)37-27(23)29-20-14-8-4-9-15-20/h3-17,29,35H,1-2H3. The van der Waals surface area contributed by atoms with Crippen LogP contribution in [0.15, 0.2) is 106 Å². The average molecular weight is 510 g/mol. The molecule has 0 spiro atoms. The number of hydrogen-bond donors (Lipinski definition) is 2. The van der Waals surface area contributed by atoms with E-state index in [-0.39, 0.29) is 33.3 Å². The van der Waals surface area contributed by atoms with Gasteiger partial charge in [-0.1, -0.05) is 66.7 Å². The molecule has 9 heteroatoms. The molecule has 2 aromatic heterocycles. The van der Waals surface area contributed by atoms with E-state index >= 15 is 0 Å². The van der Waals surface area contributed by atoms with Crippen molar-refractivity contribution in [1.82, 2.24) is 9.36 Å². The van der Waals surface area contributed by atoms with Gasteiger partial charge in [0.05, 0.1) is 11.4 Å². The zero-order chi connectivity index (χ0) is 25.9. The molecule has 0 unspecified atom stereocenters. The molecule has 2 heterocycles. The number of nitrogens with zero attached hydrogens (tertiary/aromatic N) is 4. The van der Waals surface area contributed by atoms with E-state index in [0.29, 0.717) is 21.9 Å². The number of carbonyl (C=O) groups excluding carboxylic acids is 1. The molecule has 0 radical (unpaired) electrons. The topological polar surface area (TPSA) is 101 Å². The molecule has 0 saturated carbocycles. The minimum absolute atomic E-state index is 0.0852. The summed E-state index contributed by atoms with van der Waals surface area (Å²) < 4.78 is 3.21. The van der Waals surface area contributed by atoms with Crippen LogP contribution in [-0.2, 0) is 7.05 Å². The Bertz CT molecular complexity index is 1650. The summed E-state index contributed by atoms with van der Waals surface area (Å²) in [5, 5.41) is 23.3. The van der Waals surface area contributed by atoms with Gasteiger partial charge in [0.1, 0.15) is 9.88 Å². The molecule has 0 aliphatic carbocycles. The largest absolute Gasteiger partial charge is 0.504 e. The number of anilines is 2. The Morgan fingerprint density at radius 1 is 0.865 bits per heavy atom. The number of aromatic nitrogens is 2. The van der Waals surface area contributed by atoms with Gasteiger partial charge in [-0.25, -0.2) is 4.68 Å². The smallest absolute Gasteiger partial charge is 0.299 e. The Balaban J connectivity index is 1.60. The molecule has 0 amide bonds. The molecule has 2 N–H and O–H groups in total. The van der Waals surface area contributed by atoms with Crippen molar-refractivity contribution in [2.75, 3.05) is 5.32 Å². The third kappa shape index (κ3) is 4.60. The van der Waals surface area contributed by atoms with Crippen LogP contribution in [0.2, 0.25) is 0 Å². The lowest BCUT2D eigenvalue weighted by Crippen LogP contribution is -2.19. The van der Waals surface area contributed by atoms with Gasteiger partial charge >= 0.3 is 0 Å². The molecule has 0 atom stereocenters. The van der Waals surface area contributed by atoms with Gasteiger partial charge < -0.3 is 10.4 Å². The maximum Gasteiger partial charge on any atom is 0.299 e. The van der Waals surface area contributed by atoms with Gasteiger partial charge in [0.2, 0.25) is 5.78 Å². The number of azo groups is 1. The summed E-state index contributed by atoms with van der Waals surface area (Å²) in [6, 6.07) is 27.3. The van der Waals surface area contributed by atoms with E-state index in [0.717, 1.165) is 17.0 Å². The van der Waals surface area contributed by atoms with Crippen LogP contribution in [0.25, 0.3) is 5.69 Å². The Hall–Kier alpha value is -4.76. The van der Waals surface area contributed by atoms with Gasteiger partial charge in [-0.15, -0.1) is 21.6 Å². The lowest BCUT2D eigenvalue weighted by atomic mass is 10.1. The zero-order valence-electron chi connectivity index (χ0n) is 20.1. The first-order valence-electron chi connectivity index (χ1n) is 11.5. The molecule has 0 fully saturated rings. The van der Waals surface area contributed by atoms with E-state index in [1.165, 1.54) is 4.68 Å². The molecule has 0 aliphatic rings. The number of nitrogens with one attached hydrogen (secondary N) is 1. The van der Waals surface area contributed by atoms with Crippen LogP contribution in [0, 0.1) is 6.92 Å². The van der Waals surface area contributed by atoms with E-state index < -0.39 is 0 Å². The summed E-state index contributed by atoms with van der Waals surface area (Å²) >= 11 is 1.08. The first-order chi connectivity index (χ1) is 18.0. The summed E-state index contributed by atoms with van der Waals surface area (Å²) in [6.07, 6.45) is 0. The van der Waals surface area contributed by atoms with Crippen LogP contribution >= 0.6 is 11.3 Å². The number of benzene rings is 3. The van der Waals surface area contributed by atoms with Crippen LogP contribution in [0.1, 0.15) is 20.9 Å². The van der Waals surface area contributed by atoms with Crippen LogP contribution in [0.3, 0.4) is 0 Å². The molecule has 8 nitrogen and oxygen atoms in total. The van der Waals surface area contributed by atoms with Crippen LogP contribution in [0.5, 0.6) is 5.75 Å². The highest BCUT2D eigenvalue weighted by molar-refractivity contribution is 7.19. The number of para-hydroxylation sites is 2. The van der Waals surface area contributed by atoms with Crippen molar-refractivity contribution in [3.63, 3.8) is 0 Å². The van der Waals surface area contributed by atoms with Crippen molar-refractivity contribution in [2.24, 2.45) is 17.3 Å². The number of rotatable bonds is 7. The second kappa shape index (κ2) is 10.1. The van der Waals surface area contributed by atoms with Crippen molar-refractivity contribution in [1.29, 1.82) is 0 Å². The molecule has 0 bridgehead atoms. The van der Waals surface area contributed by atoms with E-state index in [1.807, 2.05) is 66.7 Å². The quantitative estimate of drug-likeness (QED) is 0.190. The minimum atomic E-state index is -0.345. The second-order valence-electron chi connectivity index (χ2n) is 8.25. The summed E-state index contributed by atoms with van der Waals surface area (Å²) in [5.74, 6) is -0.624. The first kappa shape index (κ1) is 24.0. The zero-order valence-corrected chi connectivity index (χ0v) is 20.9. The first-order valence-corrected chi connectivity index (χ1v) is 12.3. The number of thiophene rings is 1. The maximum absolute atomic E-state index is 13.3. The number of carbonyl (C=O) groups is 1. The monoisotopic (exact) mass is 509 g/mol. The Kier molecular flexibility index (Phi) is 6.53. The number of ketones is 1. The molecule has 5 aromatic rings. The predicted molar refractivity (Wildman–Crippen MR) is 146 cm³/mol. The summed E-state index contributed by atoms with van der Waals surface area (Å²) in [4.78, 5) is 26.5. The third-order valence-electron chi connectivity index (χ3n) is 5.91. The molecule has 3 aromatic carbocycles. The SMILES string of the molecule is Cc1c(N=Nc2c(Nc3ccccc3)sc(C(=O)c3ccccc3)c2O)c(=O)n(-c2ccccc2)n1C. The van der Waals surface area contributed by atoms with Crippen LogP contribution < -0.4 is 10.9 Å². The Labute approximate surface area is 216 Å². The van der Waals surface area contributed by atoms with Crippen molar-refractivity contribution in [3.8, 4) is 11.4 Å². The highest BCUT2D eigenvalue weighted by Gasteiger charge is 2.25. The molecule has 37 heavy (non-hydrogen) atoms. The normalized spacial score (nSPS) is 11.2.